The predicted octanol–water partition coefficient (Wildman–Crippen LogP) is 4.65. The van der Waals surface area contributed by atoms with Crippen molar-refractivity contribution in [3.63, 3.8) is 0 Å². The van der Waals surface area contributed by atoms with E-state index in [1.807, 2.05) is 55.1 Å². The zero-order valence-electron chi connectivity index (χ0n) is 19.8. The lowest BCUT2D eigenvalue weighted by Gasteiger charge is -2.07. The highest BCUT2D eigenvalue weighted by Gasteiger charge is 2.16. The Kier molecular flexibility index (Phi) is 7.36. The van der Waals surface area contributed by atoms with E-state index in [1.165, 1.54) is 12.1 Å². The van der Waals surface area contributed by atoms with Gasteiger partial charge in [-0.05, 0) is 62.2 Å². The summed E-state index contributed by atoms with van der Waals surface area (Å²) in [5.74, 6) is -0.390. The quantitative estimate of drug-likeness (QED) is 0.386. The fourth-order valence-corrected chi connectivity index (χ4v) is 4.09. The van der Waals surface area contributed by atoms with Gasteiger partial charge in [-0.2, -0.15) is 15.5 Å². The molecule has 0 radical (unpaired) electrons. The van der Waals surface area contributed by atoms with Crippen LogP contribution in [0.15, 0.2) is 60.8 Å². The number of hydrogen-bond acceptors (Lipinski definition) is 4. The van der Waals surface area contributed by atoms with Gasteiger partial charge in [-0.3, -0.25) is 9.48 Å². The molecule has 2 aromatic carbocycles. The molecule has 8 heteroatoms. The summed E-state index contributed by atoms with van der Waals surface area (Å²) in [7, 11) is 0. The molecule has 0 bridgehead atoms. The molecule has 4 aromatic rings. The number of aromatic nitrogens is 4. The lowest BCUT2D eigenvalue weighted by atomic mass is 10.1. The van der Waals surface area contributed by atoms with Crippen molar-refractivity contribution >= 4 is 5.91 Å². The number of rotatable bonds is 9. The normalized spacial score (nSPS) is 10.8. The molecule has 0 unspecified atom stereocenters. The average molecular weight is 471 g/mol. The van der Waals surface area contributed by atoms with Crippen LogP contribution in [0.5, 0.6) is 0 Å². The Labute approximate surface area is 203 Å². The molecule has 0 fully saturated rings. The smallest absolute Gasteiger partial charge is 0.220 e. The highest BCUT2D eigenvalue weighted by Crippen LogP contribution is 2.24. The number of nitriles is 1. The van der Waals surface area contributed by atoms with Crippen LogP contribution in [-0.4, -0.2) is 25.5 Å². The summed E-state index contributed by atoms with van der Waals surface area (Å²) in [6, 6.07) is 18.0. The summed E-state index contributed by atoms with van der Waals surface area (Å²) >= 11 is 0. The van der Waals surface area contributed by atoms with Crippen molar-refractivity contribution in [3.8, 4) is 23.0 Å². The van der Waals surface area contributed by atoms with Crippen LogP contribution >= 0.6 is 0 Å². The van der Waals surface area contributed by atoms with Crippen molar-refractivity contribution < 1.29 is 9.18 Å². The van der Waals surface area contributed by atoms with Gasteiger partial charge in [0.25, 0.3) is 0 Å². The third-order valence-electron chi connectivity index (χ3n) is 5.97. The highest BCUT2D eigenvalue weighted by molar-refractivity contribution is 5.76. The number of nitrogens with one attached hydrogen (secondary N) is 1. The summed E-state index contributed by atoms with van der Waals surface area (Å²) in [5, 5.41) is 21.0. The van der Waals surface area contributed by atoms with Gasteiger partial charge in [0.15, 0.2) is 0 Å². The van der Waals surface area contributed by atoms with Gasteiger partial charge in [0, 0.05) is 36.0 Å². The topological polar surface area (TPSA) is 88.5 Å². The first-order valence-corrected chi connectivity index (χ1v) is 11.5. The number of aryl methyl sites for hydroxylation is 2. The Morgan fingerprint density at radius 3 is 2.54 bits per heavy atom. The van der Waals surface area contributed by atoms with Crippen molar-refractivity contribution in [3.05, 3.63) is 89.1 Å². The molecule has 178 valence electrons. The van der Waals surface area contributed by atoms with E-state index in [2.05, 4.69) is 16.5 Å². The Balaban J connectivity index is 1.47. The van der Waals surface area contributed by atoms with Crippen LogP contribution in [0, 0.1) is 31.0 Å². The molecular weight excluding hydrogens is 443 g/mol. The first kappa shape index (κ1) is 23.9. The minimum absolute atomic E-state index is 0.0777. The van der Waals surface area contributed by atoms with Crippen LogP contribution in [0.2, 0.25) is 0 Å². The molecular formula is C27H27FN6O. The molecule has 35 heavy (non-hydrogen) atoms. The molecule has 0 saturated heterocycles. The first-order valence-electron chi connectivity index (χ1n) is 11.5. The van der Waals surface area contributed by atoms with Crippen LogP contribution in [0.3, 0.4) is 0 Å². The second kappa shape index (κ2) is 10.8. The molecule has 0 spiro atoms. The molecule has 0 atom stereocenters. The summed E-state index contributed by atoms with van der Waals surface area (Å²) in [4.78, 5) is 12.7. The largest absolute Gasteiger partial charge is 0.352 e. The predicted molar refractivity (Wildman–Crippen MR) is 131 cm³/mol. The maximum absolute atomic E-state index is 13.5. The number of halogens is 1. The number of carbonyl (C=O) groups is 1. The molecule has 1 amide bonds. The number of benzene rings is 2. The Morgan fingerprint density at radius 1 is 1.09 bits per heavy atom. The van der Waals surface area contributed by atoms with Gasteiger partial charge in [-0.15, -0.1) is 0 Å². The number of para-hydroxylation sites is 1. The van der Waals surface area contributed by atoms with Crippen molar-refractivity contribution in [1.82, 2.24) is 24.9 Å². The molecule has 1 N–H and O–H groups in total. The number of amides is 1. The monoisotopic (exact) mass is 470 g/mol. The summed E-state index contributed by atoms with van der Waals surface area (Å²) in [6.07, 6.45) is 3.19. The molecule has 0 aliphatic rings. The minimum atomic E-state index is -0.312. The first-order chi connectivity index (χ1) is 17.0. The van der Waals surface area contributed by atoms with E-state index in [-0.39, 0.29) is 11.7 Å². The average Bonchev–Trinajstić information content (AvgIpc) is 3.41. The van der Waals surface area contributed by atoms with Gasteiger partial charge < -0.3 is 5.32 Å². The Hall–Kier alpha value is -4.25. The third-order valence-corrected chi connectivity index (χ3v) is 5.97. The fraction of sp³-hybridized carbons (Fsp3) is 0.259. The van der Waals surface area contributed by atoms with Crippen molar-refractivity contribution in [1.29, 1.82) is 5.26 Å². The highest BCUT2D eigenvalue weighted by atomic mass is 19.1. The standard InChI is InChI=1S/C27H27FN6O/c1-19-25(20(2)33(31-19)16-6-15-29)13-14-26(35)30-17-22-18-34(24-7-4-3-5-8-24)32-27(22)21-9-11-23(28)12-10-21/h3-5,7-12,18H,6,13-14,16-17H2,1-2H3,(H,30,35). The molecule has 0 saturated carbocycles. The fourth-order valence-electron chi connectivity index (χ4n) is 4.09. The third kappa shape index (κ3) is 5.64. The van der Waals surface area contributed by atoms with Gasteiger partial charge >= 0.3 is 0 Å². The SMILES string of the molecule is Cc1nn(CCC#N)c(C)c1CCC(=O)NCc1cn(-c2ccccc2)nc1-c1ccc(F)cc1. The second-order valence-corrected chi connectivity index (χ2v) is 8.35. The van der Waals surface area contributed by atoms with Crippen LogP contribution < -0.4 is 5.32 Å². The van der Waals surface area contributed by atoms with Crippen LogP contribution in [-0.2, 0) is 24.3 Å². The summed E-state index contributed by atoms with van der Waals surface area (Å²) < 4.78 is 17.1. The lowest BCUT2D eigenvalue weighted by Crippen LogP contribution is -2.23. The van der Waals surface area contributed by atoms with E-state index < -0.39 is 0 Å². The van der Waals surface area contributed by atoms with Crippen molar-refractivity contribution in [2.45, 2.75) is 46.2 Å². The maximum atomic E-state index is 13.5. The molecule has 7 nitrogen and oxygen atoms in total. The minimum Gasteiger partial charge on any atom is -0.352 e. The zero-order valence-corrected chi connectivity index (χ0v) is 19.8. The second-order valence-electron chi connectivity index (χ2n) is 8.35. The number of hydrogen-bond donors (Lipinski definition) is 1. The van der Waals surface area contributed by atoms with Crippen molar-refractivity contribution in [2.75, 3.05) is 0 Å². The van der Waals surface area contributed by atoms with Gasteiger partial charge in [0.1, 0.15) is 5.82 Å². The van der Waals surface area contributed by atoms with E-state index in [9.17, 15) is 9.18 Å². The van der Waals surface area contributed by atoms with Crippen LogP contribution in [0.25, 0.3) is 16.9 Å². The van der Waals surface area contributed by atoms with Gasteiger partial charge in [0.2, 0.25) is 5.91 Å². The van der Waals surface area contributed by atoms with E-state index in [0.717, 1.165) is 33.8 Å². The van der Waals surface area contributed by atoms with Crippen molar-refractivity contribution in [2.24, 2.45) is 0 Å². The van der Waals surface area contributed by atoms with Gasteiger partial charge in [-0.25, -0.2) is 9.07 Å². The molecule has 2 heterocycles. The number of nitrogens with zero attached hydrogens (tertiary/aromatic N) is 5. The lowest BCUT2D eigenvalue weighted by molar-refractivity contribution is -0.121. The van der Waals surface area contributed by atoms with E-state index in [1.54, 1.807) is 16.8 Å². The Bertz CT molecular complexity index is 1350. The number of carbonyl (C=O) groups excluding carboxylic acids is 1. The van der Waals surface area contributed by atoms with Gasteiger partial charge in [0.05, 0.1) is 36.1 Å². The van der Waals surface area contributed by atoms with E-state index >= 15 is 0 Å². The summed E-state index contributed by atoms with van der Waals surface area (Å²) in [5.41, 5.74) is 6.13. The Morgan fingerprint density at radius 2 is 1.83 bits per heavy atom. The molecule has 0 aliphatic carbocycles. The zero-order chi connectivity index (χ0) is 24.8. The van der Waals surface area contributed by atoms with Crippen LogP contribution in [0.4, 0.5) is 4.39 Å². The summed E-state index contributed by atoms with van der Waals surface area (Å²) in [6.45, 7) is 4.75. The maximum Gasteiger partial charge on any atom is 0.220 e. The van der Waals surface area contributed by atoms with E-state index in [0.29, 0.717) is 38.0 Å². The molecule has 4 rings (SSSR count). The van der Waals surface area contributed by atoms with Crippen LogP contribution in [0.1, 0.15) is 35.4 Å². The van der Waals surface area contributed by atoms with Gasteiger partial charge in [-0.1, -0.05) is 18.2 Å². The van der Waals surface area contributed by atoms with E-state index in [4.69, 9.17) is 10.4 Å². The molecule has 2 aromatic heterocycles. The molecule has 0 aliphatic heterocycles.